The minimum absolute atomic E-state index is 0.212. The summed E-state index contributed by atoms with van der Waals surface area (Å²) in [5.41, 5.74) is 2.11. The number of amides is 1. The van der Waals surface area contributed by atoms with Crippen LogP contribution in [0.15, 0.2) is 36.4 Å². The molecule has 2 heterocycles. The van der Waals surface area contributed by atoms with Gasteiger partial charge in [-0.2, -0.15) is 9.40 Å². The van der Waals surface area contributed by atoms with Crippen molar-refractivity contribution in [3.05, 3.63) is 53.3 Å². The Balaban J connectivity index is 1.44. The number of fused-ring (bicyclic) bond motifs is 1. The Morgan fingerprint density at radius 2 is 1.96 bits per heavy atom. The molecule has 0 unspecified atom stereocenters. The van der Waals surface area contributed by atoms with Gasteiger partial charge in [-0.3, -0.25) is 9.48 Å². The summed E-state index contributed by atoms with van der Waals surface area (Å²) in [7, 11) is -3.20. The molecule has 0 saturated heterocycles. The first-order valence-corrected chi connectivity index (χ1v) is 9.92. The van der Waals surface area contributed by atoms with Gasteiger partial charge < -0.3 is 5.32 Å². The van der Waals surface area contributed by atoms with E-state index in [0.717, 1.165) is 24.1 Å². The molecule has 1 aliphatic heterocycles. The molecular weight excluding hydrogens is 340 g/mol. The van der Waals surface area contributed by atoms with Crippen molar-refractivity contribution in [2.75, 3.05) is 6.54 Å². The third kappa shape index (κ3) is 3.32. The maximum Gasteiger partial charge on any atom is 0.272 e. The van der Waals surface area contributed by atoms with Crippen molar-refractivity contribution >= 4 is 15.9 Å². The molecule has 1 aromatic heterocycles. The third-order valence-corrected chi connectivity index (χ3v) is 6.94. The number of hydrogen-bond donors (Lipinski definition) is 1. The Morgan fingerprint density at radius 3 is 2.68 bits per heavy atom. The molecule has 1 fully saturated rings. The molecule has 1 aliphatic carbocycles. The second-order valence-corrected chi connectivity index (χ2v) is 8.70. The van der Waals surface area contributed by atoms with Crippen molar-refractivity contribution in [1.82, 2.24) is 19.4 Å². The van der Waals surface area contributed by atoms with Crippen LogP contribution < -0.4 is 5.32 Å². The van der Waals surface area contributed by atoms with Gasteiger partial charge in [-0.1, -0.05) is 30.3 Å². The van der Waals surface area contributed by atoms with Crippen molar-refractivity contribution in [1.29, 1.82) is 0 Å². The van der Waals surface area contributed by atoms with Gasteiger partial charge in [-0.05, 0) is 24.5 Å². The second kappa shape index (κ2) is 6.27. The number of benzene rings is 1. The van der Waals surface area contributed by atoms with E-state index in [1.807, 2.05) is 30.3 Å². The number of aromatic nitrogens is 2. The number of nitrogens with zero attached hydrogens (tertiary/aromatic N) is 3. The highest BCUT2D eigenvalue weighted by Crippen LogP contribution is 2.32. The zero-order valence-corrected chi connectivity index (χ0v) is 14.6. The van der Waals surface area contributed by atoms with Crippen LogP contribution in [-0.2, 0) is 29.7 Å². The lowest BCUT2D eigenvalue weighted by molar-refractivity contribution is 0.0945. The molecule has 4 rings (SSSR count). The Labute approximate surface area is 146 Å². The van der Waals surface area contributed by atoms with Crippen LogP contribution >= 0.6 is 0 Å². The minimum Gasteiger partial charge on any atom is -0.347 e. The molecule has 0 atom stereocenters. The van der Waals surface area contributed by atoms with Gasteiger partial charge >= 0.3 is 0 Å². The summed E-state index contributed by atoms with van der Waals surface area (Å²) in [4.78, 5) is 12.3. The van der Waals surface area contributed by atoms with Crippen LogP contribution in [0, 0.1) is 0 Å². The van der Waals surface area contributed by atoms with Crippen molar-refractivity contribution in [3.63, 3.8) is 0 Å². The smallest absolute Gasteiger partial charge is 0.272 e. The van der Waals surface area contributed by atoms with E-state index in [2.05, 4.69) is 10.4 Å². The minimum atomic E-state index is -3.20. The largest absolute Gasteiger partial charge is 0.347 e. The molecule has 2 aliphatic rings. The highest BCUT2D eigenvalue weighted by molar-refractivity contribution is 7.90. The van der Waals surface area contributed by atoms with Gasteiger partial charge in [0.1, 0.15) is 0 Å². The molecule has 132 valence electrons. The van der Waals surface area contributed by atoms with E-state index in [1.54, 1.807) is 10.7 Å². The molecule has 1 N–H and O–H groups in total. The molecule has 1 saturated carbocycles. The van der Waals surface area contributed by atoms with E-state index in [-0.39, 0.29) is 17.7 Å². The molecular formula is C17H20N4O3S. The number of carbonyl (C=O) groups is 1. The summed E-state index contributed by atoms with van der Waals surface area (Å²) >= 11 is 0. The second-order valence-electron chi connectivity index (χ2n) is 6.49. The Bertz CT molecular complexity index is 888. The maximum atomic E-state index is 12.4. The van der Waals surface area contributed by atoms with Gasteiger partial charge in [0.2, 0.25) is 10.0 Å². The monoisotopic (exact) mass is 360 g/mol. The summed E-state index contributed by atoms with van der Waals surface area (Å²) in [6, 6.07) is 11.3. The van der Waals surface area contributed by atoms with Gasteiger partial charge in [-0.25, -0.2) is 8.42 Å². The fourth-order valence-electron chi connectivity index (χ4n) is 3.02. The summed E-state index contributed by atoms with van der Waals surface area (Å²) in [5.74, 6) is -0.248. The first-order valence-electron chi connectivity index (χ1n) is 8.42. The van der Waals surface area contributed by atoms with E-state index < -0.39 is 10.0 Å². The molecule has 1 amide bonds. The lowest BCUT2D eigenvalue weighted by Crippen LogP contribution is -2.40. The first-order chi connectivity index (χ1) is 12.0. The van der Waals surface area contributed by atoms with Crippen LogP contribution in [0.1, 0.15) is 34.6 Å². The molecule has 7 nitrogen and oxygen atoms in total. The molecule has 0 radical (unpaired) electrons. The standard InChI is InChI=1S/C17H20N4O3S/c22-17(18-11-13-4-2-1-3-5-13)16-10-14-12-20(8-9-21(14)19-16)25(23,24)15-6-7-15/h1-5,10,15H,6-9,11-12H2,(H,18,22). The maximum absolute atomic E-state index is 12.4. The van der Waals surface area contributed by atoms with Crippen molar-refractivity contribution in [3.8, 4) is 0 Å². The number of rotatable bonds is 5. The highest BCUT2D eigenvalue weighted by atomic mass is 32.2. The lowest BCUT2D eigenvalue weighted by Gasteiger charge is -2.26. The van der Waals surface area contributed by atoms with E-state index in [0.29, 0.717) is 25.3 Å². The fraction of sp³-hybridized carbons (Fsp3) is 0.412. The van der Waals surface area contributed by atoms with Crippen molar-refractivity contribution in [2.45, 2.75) is 37.7 Å². The third-order valence-electron chi connectivity index (χ3n) is 4.60. The van der Waals surface area contributed by atoms with Crippen LogP contribution in [0.5, 0.6) is 0 Å². The summed E-state index contributed by atoms with van der Waals surface area (Å²) in [6.45, 7) is 1.62. The van der Waals surface area contributed by atoms with Crippen molar-refractivity contribution in [2.24, 2.45) is 0 Å². The van der Waals surface area contributed by atoms with Gasteiger partial charge in [0, 0.05) is 13.1 Å². The van der Waals surface area contributed by atoms with Gasteiger partial charge in [0.15, 0.2) is 5.69 Å². The summed E-state index contributed by atoms with van der Waals surface area (Å²) < 4.78 is 28.0. The number of nitrogens with one attached hydrogen (secondary N) is 1. The van der Waals surface area contributed by atoms with E-state index in [1.165, 1.54) is 4.31 Å². The van der Waals surface area contributed by atoms with Crippen LogP contribution in [0.3, 0.4) is 0 Å². The normalized spacial score (nSPS) is 17.9. The van der Waals surface area contributed by atoms with E-state index in [4.69, 9.17) is 0 Å². The molecule has 25 heavy (non-hydrogen) atoms. The van der Waals surface area contributed by atoms with Gasteiger partial charge in [0.05, 0.1) is 24.0 Å². The Morgan fingerprint density at radius 1 is 1.20 bits per heavy atom. The predicted octanol–water partition coefficient (Wildman–Crippen LogP) is 1.12. The fourth-order valence-corrected chi connectivity index (χ4v) is 4.82. The predicted molar refractivity (Wildman–Crippen MR) is 92.2 cm³/mol. The SMILES string of the molecule is O=C(NCc1ccccc1)c1cc2n(n1)CCN(S(=O)(=O)C1CC1)C2. The molecule has 8 heteroatoms. The molecule has 1 aromatic carbocycles. The van der Waals surface area contributed by atoms with Gasteiger partial charge in [-0.15, -0.1) is 0 Å². The van der Waals surface area contributed by atoms with Crippen LogP contribution in [-0.4, -0.2) is 40.2 Å². The zero-order chi connectivity index (χ0) is 17.4. The first kappa shape index (κ1) is 16.3. The van der Waals surface area contributed by atoms with Crippen molar-refractivity contribution < 1.29 is 13.2 Å². The average molecular weight is 360 g/mol. The number of carbonyl (C=O) groups excluding carboxylic acids is 1. The lowest BCUT2D eigenvalue weighted by atomic mass is 10.2. The molecule has 2 aromatic rings. The quantitative estimate of drug-likeness (QED) is 0.866. The van der Waals surface area contributed by atoms with Crippen LogP contribution in [0.25, 0.3) is 0 Å². The average Bonchev–Trinajstić information content (AvgIpc) is 3.40. The number of sulfonamides is 1. The topological polar surface area (TPSA) is 84.3 Å². The molecule has 0 spiro atoms. The Hall–Kier alpha value is -2.19. The highest BCUT2D eigenvalue weighted by Gasteiger charge is 2.41. The van der Waals surface area contributed by atoms with Gasteiger partial charge in [0.25, 0.3) is 5.91 Å². The summed E-state index contributed by atoms with van der Waals surface area (Å²) in [6.07, 6.45) is 1.51. The number of hydrogen-bond acceptors (Lipinski definition) is 4. The zero-order valence-electron chi connectivity index (χ0n) is 13.8. The van der Waals surface area contributed by atoms with Crippen LogP contribution in [0.2, 0.25) is 0 Å². The van der Waals surface area contributed by atoms with E-state index in [9.17, 15) is 13.2 Å². The van der Waals surface area contributed by atoms with E-state index >= 15 is 0 Å². The molecule has 0 bridgehead atoms. The summed E-state index contributed by atoms with van der Waals surface area (Å²) in [5, 5.41) is 6.96. The van der Waals surface area contributed by atoms with Crippen LogP contribution in [0.4, 0.5) is 0 Å². The Kier molecular flexibility index (Phi) is 4.09.